The molecule has 0 aliphatic carbocycles. The number of ether oxygens (including phenoxy) is 3. The lowest BCUT2D eigenvalue weighted by atomic mass is 9.95. The highest BCUT2D eigenvalue weighted by molar-refractivity contribution is 5.76. The third-order valence-electron chi connectivity index (χ3n) is 4.48. The molecule has 0 bridgehead atoms. The molecular formula is C19H29NO4. The molecule has 0 saturated carbocycles. The fraction of sp³-hybridized carbons (Fsp3) is 0.632. The van der Waals surface area contributed by atoms with Crippen LogP contribution in [0.1, 0.15) is 38.7 Å². The maximum atomic E-state index is 12.3. The minimum Gasteiger partial charge on any atom is -0.497 e. The maximum absolute atomic E-state index is 12.3. The van der Waals surface area contributed by atoms with Gasteiger partial charge >= 0.3 is 0 Å². The van der Waals surface area contributed by atoms with Gasteiger partial charge in [-0.15, -0.1) is 0 Å². The Hall–Kier alpha value is -1.75. The third kappa shape index (κ3) is 5.41. The van der Waals surface area contributed by atoms with Gasteiger partial charge in [0.05, 0.1) is 20.3 Å². The molecule has 1 N–H and O–H groups in total. The quantitative estimate of drug-likeness (QED) is 0.832. The fourth-order valence-corrected chi connectivity index (χ4v) is 2.99. The van der Waals surface area contributed by atoms with Crippen molar-refractivity contribution in [2.45, 2.75) is 51.7 Å². The summed E-state index contributed by atoms with van der Waals surface area (Å²) in [5.41, 5.74) is 1.04. The molecule has 134 valence electrons. The van der Waals surface area contributed by atoms with Gasteiger partial charge in [0.1, 0.15) is 11.5 Å². The smallest absolute Gasteiger partial charge is 0.220 e. The molecule has 2 atom stereocenters. The highest BCUT2D eigenvalue weighted by Gasteiger charge is 2.25. The first-order valence-electron chi connectivity index (χ1n) is 8.64. The fourth-order valence-electron chi connectivity index (χ4n) is 2.99. The van der Waals surface area contributed by atoms with Crippen LogP contribution in [-0.2, 0) is 16.0 Å². The van der Waals surface area contributed by atoms with Crippen LogP contribution in [0.25, 0.3) is 0 Å². The minimum absolute atomic E-state index is 0.0891. The number of carbonyl (C=O) groups is 1. The normalized spacial score (nSPS) is 20.7. The molecule has 2 rings (SSSR count). The average Bonchev–Trinajstić information content (AvgIpc) is 2.59. The number of amides is 1. The Balaban J connectivity index is 1.85. The van der Waals surface area contributed by atoms with Gasteiger partial charge in [-0.1, -0.05) is 13.8 Å². The number of benzene rings is 1. The van der Waals surface area contributed by atoms with E-state index in [4.69, 9.17) is 14.2 Å². The van der Waals surface area contributed by atoms with Gasteiger partial charge in [0, 0.05) is 25.1 Å². The first-order valence-corrected chi connectivity index (χ1v) is 8.64. The van der Waals surface area contributed by atoms with Gasteiger partial charge in [-0.05, 0) is 42.9 Å². The van der Waals surface area contributed by atoms with E-state index >= 15 is 0 Å². The molecule has 24 heavy (non-hydrogen) atoms. The summed E-state index contributed by atoms with van der Waals surface area (Å²) in [5, 5.41) is 3.15. The maximum Gasteiger partial charge on any atom is 0.220 e. The lowest BCUT2D eigenvalue weighted by Crippen LogP contribution is -2.43. The van der Waals surface area contributed by atoms with Crippen LogP contribution in [0.2, 0.25) is 0 Å². The van der Waals surface area contributed by atoms with Gasteiger partial charge in [-0.2, -0.15) is 0 Å². The summed E-state index contributed by atoms with van der Waals surface area (Å²) in [4.78, 5) is 12.3. The lowest BCUT2D eigenvalue weighted by Gasteiger charge is -2.32. The summed E-state index contributed by atoms with van der Waals surface area (Å²) in [6, 6.07) is 5.94. The largest absolute Gasteiger partial charge is 0.497 e. The number of carbonyl (C=O) groups excluding carboxylic acids is 1. The lowest BCUT2D eigenvalue weighted by molar-refractivity contribution is -0.123. The molecule has 1 amide bonds. The second kappa shape index (κ2) is 8.92. The summed E-state index contributed by atoms with van der Waals surface area (Å²) in [7, 11) is 3.25. The Bertz CT molecular complexity index is 522. The average molecular weight is 335 g/mol. The van der Waals surface area contributed by atoms with E-state index in [-0.39, 0.29) is 18.1 Å². The topological polar surface area (TPSA) is 56.8 Å². The van der Waals surface area contributed by atoms with Crippen LogP contribution >= 0.6 is 0 Å². The van der Waals surface area contributed by atoms with E-state index in [2.05, 4.69) is 19.2 Å². The molecule has 1 fully saturated rings. The highest BCUT2D eigenvalue weighted by Crippen LogP contribution is 2.23. The van der Waals surface area contributed by atoms with E-state index in [9.17, 15) is 4.79 Å². The first kappa shape index (κ1) is 18.6. The van der Waals surface area contributed by atoms with Crippen LogP contribution in [0.5, 0.6) is 11.5 Å². The number of hydrogen-bond acceptors (Lipinski definition) is 4. The molecule has 5 heteroatoms. The Morgan fingerprint density at radius 2 is 1.92 bits per heavy atom. The first-order chi connectivity index (χ1) is 11.5. The molecule has 0 aromatic heterocycles. The summed E-state index contributed by atoms with van der Waals surface area (Å²) in [6.45, 7) is 5.04. The Morgan fingerprint density at radius 3 is 2.50 bits per heavy atom. The summed E-state index contributed by atoms with van der Waals surface area (Å²) >= 11 is 0. The molecule has 1 aliphatic heterocycles. The van der Waals surface area contributed by atoms with E-state index < -0.39 is 0 Å². The highest BCUT2D eigenvalue weighted by atomic mass is 16.5. The SMILES string of the molecule is COc1cc(CCC(=O)N[C@@H]2CCO[C@@H](C(C)C)C2)cc(OC)c1. The number of methoxy groups -OCH3 is 2. The summed E-state index contributed by atoms with van der Waals surface area (Å²) in [5.74, 6) is 2.06. The summed E-state index contributed by atoms with van der Waals surface area (Å²) in [6.07, 6.45) is 3.15. The third-order valence-corrected chi connectivity index (χ3v) is 4.48. The number of aryl methyl sites for hydroxylation is 1. The van der Waals surface area contributed by atoms with Crippen molar-refractivity contribution in [1.82, 2.24) is 5.32 Å². The van der Waals surface area contributed by atoms with Gasteiger partial charge in [-0.3, -0.25) is 4.79 Å². The van der Waals surface area contributed by atoms with Crippen molar-refractivity contribution in [2.75, 3.05) is 20.8 Å². The monoisotopic (exact) mass is 335 g/mol. The molecule has 1 aromatic rings. The van der Waals surface area contributed by atoms with Gasteiger partial charge in [0.2, 0.25) is 5.91 Å². The molecule has 1 saturated heterocycles. The van der Waals surface area contributed by atoms with Crippen LogP contribution in [0.15, 0.2) is 18.2 Å². The Morgan fingerprint density at radius 1 is 1.25 bits per heavy atom. The van der Waals surface area contributed by atoms with Crippen molar-refractivity contribution in [3.63, 3.8) is 0 Å². The van der Waals surface area contributed by atoms with E-state index in [1.807, 2.05) is 18.2 Å². The molecule has 1 aliphatic rings. The molecule has 0 spiro atoms. The molecular weight excluding hydrogens is 306 g/mol. The standard InChI is InChI=1S/C19H29NO4/c1-13(2)18-11-15(7-8-24-18)20-19(21)6-5-14-9-16(22-3)12-17(10-14)23-4/h9-10,12-13,15,18H,5-8,11H2,1-4H3,(H,20,21)/t15-,18-/m1/s1. The van der Waals surface area contributed by atoms with Crippen LogP contribution in [0, 0.1) is 5.92 Å². The Kier molecular flexibility index (Phi) is 6.91. The molecule has 1 aromatic carbocycles. The van der Waals surface area contributed by atoms with Gasteiger partial charge in [0.15, 0.2) is 0 Å². The van der Waals surface area contributed by atoms with Gasteiger partial charge < -0.3 is 19.5 Å². The van der Waals surface area contributed by atoms with Crippen molar-refractivity contribution in [3.8, 4) is 11.5 Å². The molecule has 0 unspecified atom stereocenters. The van der Waals surface area contributed by atoms with Crippen LogP contribution in [0.4, 0.5) is 0 Å². The van der Waals surface area contributed by atoms with Crippen molar-refractivity contribution >= 4 is 5.91 Å². The van der Waals surface area contributed by atoms with E-state index in [1.165, 1.54) is 0 Å². The predicted octanol–water partition coefficient (Wildman–Crippen LogP) is 2.96. The van der Waals surface area contributed by atoms with E-state index in [1.54, 1.807) is 14.2 Å². The second-order valence-electron chi connectivity index (χ2n) is 6.66. The number of hydrogen-bond donors (Lipinski definition) is 1. The van der Waals surface area contributed by atoms with E-state index in [0.717, 1.165) is 36.5 Å². The van der Waals surface area contributed by atoms with Crippen LogP contribution in [0.3, 0.4) is 0 Å². The Labute approximate surface area is 144 Å². The minimum atomic E-state index is 0.0891. The zero-order valence-corrected chi connectivity index (χ0v) is 15.1. The van der Waals surface area contributed by atoms with Crippen molar-refractivity contribution in [2.24, 2.45) is 5.92 Å². The predicted molar refractivity (Wildman–Crippen MR) is 93.6 cm³/mol. The molecule has 5 nitrogen and oxygen atoms in total. The second-order valence-corrected chi connectivity index (χ2v) is 6.66. The zero-order valence-electron chi connectivity index (χ0n) is 15.1. The van der Waals surface area contributed by atoms with Gasteiger partial charge in [-0.25, -0.2) is 0 Å². The number of rotatable bonds is 7. The van der Waals surface area contributed by atoms with Crippen molar-refractivity contribution < 1.29 is 19.0 Å². The molecule has 0 radical (unpaired) electrons. The zero-order chi connectivity index (χ0) is 17.5. The molecule has 1 heterocycles. The van der Waals surface area contributed by atoms with Crippen molar-refractivity contribution in [1.29, 1.82) is 0 Å². The van der Waals surface area contributed by atoms with E-state index in [0.29, 0.717) is 18.8 Å². The van der Waals surface area contributed by atoms with Crippen LogP contribution in [-0.4, -0.2) is 38.9 Å². The van der Waals surface area contributed by atoms with Crippen molar-refractivity contribution in [3.05, 3.63) is 23.8 Å². The van der Waals surface area contributed by atoms with Crippen LogP contribution < -0.4 is 14.8 Å². The number of nitrogens with one attached hydrogen (secondary N) is 1. The summed E-state index contributed by atoms with van der Waals surface area (Å²) < 4.78 is 16.3. The van der Waals surface area contributed by atoms with Gasteiger partial charge in [0.25, 0.3) is 0 Å².